The van der Waals surface area contributed by atoms with Gasteiger partial charge in [0.1, 0.15) is 36.7 Å². The molecule has 284 valence electrons. The third kappa shape index (κ3) is 9.27. The predicted octanol–water partition coefficient (Wildman–Crippen LogP) is 5.44. The molecule has 1 saturated heterocycles. The molecule has 1 saturated carbocycles. The van der Waals surface area contributed by atoms with Crippen molar-refractivity contribution in [2.75, 3.05) is 26.4 Å². The molecule has 54 heavy (non-hydrogen) atoms. The lowest BCUT2D eigenvalue weighted by molar-refractivity contribution is -0.179. The Labute approximate surface area is 313 Å². The molecular weight excluding hydrogens is 729 g/mol. The first-order chi connectivity index (χ1) is 25.9. The molecule has 5 rings (SSSR count). The van der Waals surface area contributed by atoms with Gasteiger partial charge >= 0.3 is 17.9 Å². The quantitative estimate of drug-likeness (QED) is 0.0601. The van der Waals surface area contributed by atoms with Crippen molar-refractivity contribution in [1.29, 1.82) is 5.26 Å². The Morgan fingerprint density at radius 3 is 2.56 bits per heavy atom. The Kier molecular flexibility index (Phi) is 13.1. The van der Waals surface area contributed by atoms with Crippen molar-refractivity contribution < 1.29 is 51.2 Å². The fourth-order valence-corrected chi connectivity index (χ4v) is 7.34. The summed E-state index contributed by atoms with van der Waals surface area (Å²) < 4.78 is 74.2. The normalized spacial score (nSPS) is 22.6. The number of nitrogens with zero attached hydrogens (tertiary/aromatic N) is 4. The van der Waals surface area contributed by atoms with E-state index in [1.165, 1.54) is 66.4 Å². The van der Waals surface area contributed by atoms with E-state index in [0.29, 0.717) is 11.6 Å². The molecule has 0 bridgehead atoms. The second kappa shape index (κ2) is 17.7. The van der Waals surface area contributed by atoms with E-state index in [9.17, 15) is 23.2 Å². The van der Waals surface area contributed by atoms with E-state index in [2.05, 4.69) is 16.7 Å². The van der Waals surface area contributed by atoms with Crippen LogP contribution in [0.2, 0.25) is 0 Å². The first kappa shape index (κ1) is 40.0. The number of carbonyl (C=O) groups is 3. The van der Waals surface area contributed by atoms with Crippen molar-refractivity contribution in [2.24, 2.45) is 11.3 Å². The van der Waals surface area contributed by atoms with Gasteiger partial charge < -0.3 is 23.7 Å². The summed E-state index contributed by atoms with van der Waals surface area (Å²) in [4.78, 5) is 43.3. The largest absolute Gasteiger partial charge is 0.466 e. The van der Waals surface area contributed by atoms with Crippen LogP contribution in [0.1, 0.15) is 37.0 Å². The van der Waals surface area contributed by atoms with Crippen molar-refractivity contribution in [3.05, 3.63) is 114 Å². The Hall–Kier alpha value is -5.24. The molecule has 2 aromatic carbocycles. The third-order valence-corrected chi connectivity index (χ3v) is 10.4. The minimum Gasteiger partial charge on any atom is -0.466 e. The topological polar surface area (TPSA) is 152 Å². The maximum Gasteiger partial charge on any atom is 0.324 e. The van der Waals surface area contributed by atoms with Gasteiger partial charge in [-0.2, -0.15) is 10.4 Å². The van der Waals surface area contributed by atoms with E-state index in [-0.39, 0.29) is 55.8 Å². The number of hydrogen-bond donors (Lipinski definition) is 0. The Morgan fingerprint density at radius 1 is 1.13 bits per heavy atom. The number of carbonyl (C=O) groups excluding carboxylic acids is 3. The molecule has 12 nitrogen and oxygen atoms in total. The molecule has 2 fully saturated rings. The number of ether oxygens (including phenoxy) is 5. The lowest BCUT2D eigenvalue weighted by Crippen LogP contribution is -2.49. The smallest absolute Gasteiger partial charge is 0.324 e. The van der Waals surface area contributed by atoms with E-state index in [0.717, 1.165) is 12.1 Å². The Bertz CT molecular complexity index is 1950. The second-order valence-electron chi connectivity index (χ2n) is 12.6. The van der Waals surface area contributed by atoms with Gasteiger partial charge in [-0.25, -0.2) is 22.8 Å². The van der Waals surface area contributed by atoms with Gasteiger partial charge in [0.15, 0.2) is 17.3 Å². The molecule has 0 amide bonds. The number of benzene rings is 2. The van der Waals surface area contributed by atoms with Gasteiger partial charge in [0.05, 0.1) is 43.2 Å². The molecule has 2 aliphatic rings. The zero-order valence-corrected chi connectivity index (χ0v) is 30.2. The number of hydrogen-bond acceptors (Lipinski definition) is 12. The highest BCUT2D eigenvalue weighted by molar-refractivity contribution is 8.00. The van der Waals surface area contributed by atoms with Crippen LogP contribution in [0.5, 0.6) is 0 Å². The molecule has 4 atom stereocenters. The van der Waals surface area contributed by atoms with Crippen LogP contribution in [-0.4, -0.2) is 75.9 Å². The standard InChI is InChI=1S/C38H37F3N4O8S/c1-4-13-49-35(47)37(16-28(37)18-50-25(3)46)36(48)53-38(21-45-23-43-22-44-45,31-12-11-29(39)15-33(31)41)24(2)54-30-19-51-34(52-20-30)8-6-5-7-27-10-9-26(17-42)14-32(27)40/h4-12,14-15,22-24,28,30,34H,1,13,16,18-21H2,2-3H3/b7-5+,8-6+/t24-,28?,30-,34-,37?,38-/m1/s1. The lowest BCUT2D eigenvalue weighted by Gasteiger charge is -2.41. The fraction of sp³-hybridized carbons (Fsp3) is 0.368. The van der Waals surface area contributed by atoms with Crippen molar-refractivity contribution >= 4 is 35.7 Å². The van der Waals surface area contributed by atoms with Crippen LogP contribution in [0.15, 0.2) is 79.9 Å². The fourth-order valence-electron chi connectivity index (χ4n) is 5.98. The van der Waals surface area contributed by atoms with E-state index in [1.807, 2.05) is 6.07 Å². The average molecular weight is 767 g/mol. The van der Waals surface area contributed by atoms with Crippen LogP contribution in [-0.2, 0) is 50.2 Å². The van der Waals surface area contributed by atoms with Crippen LogP contribution in [0, 0.1) is 40.1 Å². The molecule has 3 aromatic rings. The summed E-state index contributed by atoms with van der Waals surface area (Å²) in [5.41, 5.74) is -3.50. The maximum atomic E-state index is 15.9. The van der Waals surface area contributed by atoms with Crippen molar-refractivity contribution in [3.8, 4) is 6.07 Å². The van der Waals surface area contributed by atoms with Crippen LogP contribution in [0.3, 0.4) is 0 Å². The number of thioether (sulfide) groups is 1. The van der Waals surface area contributed by atoms with E-state index < -0.39 is 63.8 Å². The van der Waals surface area contributed by atoms with Crippen molar-refractivity contribution in [3.63, 3.8) is 0 Å². The maximum absolute atomic E-state index is 15.9. The summed E-state index contributed by atoms with van der Waals surface area (Å²) in [6.07, 6.45) is 9.47. The molecule has 1 aromatic heterocycles. The van der Waals surface area contributed by atoms with Gasteiger partial charge in [-0.05, 0) is 43.7 Å². The summed E-state index contributed by atoms with van der Waals surface area (Å²) >= 11 is 1.25. The molecule has 0 N–H and O–H groups in total. The highest BCUT2D eigenvalue weighted by Gasteiger charge is 2.70. The van der Waals surface area contributed by atoms with E-state index in [1.54, 1.807) is 25.2 Å². The van der Waals surface area contributed by atoms with Gasteiger partial charge in [0.2, 0.25) is 0 Å². The molecule has 2 unspecified atom stereocenters. The third-order valence-electron chi connectivity index (χ3n) is 8.91. The molecule has 2 heterocycles. The molecule has 0 spiro atoms. The van der Waals surface area contributed by atoms with Gasteiger partial charge in [-0.1, -0.05) is 36.9 Å². The summed E-state index contributed by atoms with van der Waals surface area (Å²) in [5, 5.41) is 11.9. The number of allylic oxidation sites excluding steroid dienone is 2. The minimum atomic E-state index is -1.93. The van der Waals surface area contributed by atoms with Gasteiger partial charge in [-0.15, -0.1) is 11.8 Å². The number of aromatic nitrogens is 3. The minimum absolute atomic E-state index is 0.0707. The zero-order valence-electron chi connectivity index (χ0n) is 29.4. The van der Waals surface area contributed by atoms with Crippen molar-refractivity contribution in [1.82, 2.24) is 14.8 Å². The van der Waals surface area contributed by atoms with E-state index >= 15 is 4.39 Å². The lowest BCUT2D eigenvalue weighted by atomic mass is 9.88. The zero-order chi connectivity index (χ0) is 38.9. The summed E-state index contributed by atoms with van der Waals surface area (Å²) in [6.45, 7) is 5.94. The van der Waals surface area contributed by atoms with Gasteiger partial charge in [-0.3, -0.25) is 14.4 Å². The molecule has 16 heteroatoms. The van der Waals surface area contributed by atoms with E-state index in [4.69, 9.17) is 28.9 Å². The highest BCUT2D eigenvalue weighted by Crippen LogP contribution is 2.56. The van der Waals surface area contributed by atoms with Crippen LogP contribution < -0.4 is 0 Å². The first-order valence-electron chi connectivity index (χ1n) is 16.8. The van der Waals surface area contributed by atoms with Gasteiger partial charge in [0, 0.05) is 35.3 Å². The molecule has 1 aliphatic heterocycles. The van der Waals surface area contributed by atoms with Crippen LogP contribution in [0.25, 0.3) is 6.08 Å². The Balaban J connectivity index is 1.38. The van der Waals surface area contributed by atoms with Crippen LogP contribution >= 0.6 is 11.8 Å². The average Bonchev–Trinajstić information content (AvgIpc) is 3.68. The Morgan fingerprint density at radius 2 is 1.91 bits per heavy atom. The van der Waals surface area contributed by atoms with Crippen LogP contribution in [0.4, 0.5) is 13.2 Å². The molecule has 1 aliphatic carbocycles. The SMILES string of the molecule is C=CCOC(=O)C1(C(=O)O[C@@](Cn2cncn2)(c2ccc(F)cc2F)[C@@H](C)S[C@H]2CO[C@H](/C=C/C=C/c3ccc(C#N)cc3F)OC2)CC1COC(C)=O. The highest BCUT2D eigenvalue weighted by atomic mass is 32.2. The number of rotatable bonds is 16. The van der Waals surface area contributed by atoms with Crippen molar-refractivity contribution in [2.45, 2.75) is 49.2 Å². The number of halogens is 3. The van der Waals surface area contributed by atoms with Gasteiger partial charge in [0.25, 0.3) is 0 Å². The molecular formula is C38H37F3N4O8S. The number of nitriles is 1. The summed E-state index contributed by atoms with van der Waals surface area (Å²) in [7, 11) is 0. The summed E-state index contributed by atoms with van der Waals surface area (Å²) in [5.74, 6) is -5.81. The molecule has 0 radical (unpaired) electrons. The number of esters is 3. The second-order valence-corrected chi connectivity index (χ2v) is 14.2. The summed E-state index contributed by atoms with van der Waals surface area (Å²) in [6, 6.07) is 8.90. The first-order valence-corrected chi connectivity index (χ1v) is 17.7. The monoisotopic (exact) mass is 766 g/mol. The predicted molar refractivity (Wildman–Crippen MR) is 188 cm³/mol.